The minimum atomic E-state index is -0.308. The molecule has 0 saturated heterocycles. The number of carbonyl (C=O) groups is 1. The second kappa shape index (κ2) is 5.93. The fraction of sp³-hybridized carbons (Fsp3) is 0. The van der Waals surface area contributed by atoms with E-state index in [1.807, 2.05) is 6.07 Å². The van der Waals surface area contributed by atoms with Gasteiger partial charge in [-0.3, -0.25) is 9.78 Å². The molecule has 0 saturated carbocycles. The van der Waals surface area contributed by atoms with E-state index >= 15 is 0 Å². The van der Waals surface area contributed by atoms with Gasteiger partial charge in [-0.2, -0.15) is 5.10 Å². The van der Waals surface area contributed by atoms with Crippen molar-refractivity contribution in [3.8, 4) is 0 Å². The zero-order chi connectivity index (χ0) is 12.8. The second-order valence-electron chi connectivity index (χ2n) is 3.50. The van der Waals surface area contributed by atoms with Crippen LogP contribution in [-0.2, 0) is 0 Å². The molecule has 0 aliphatic rings. The molecule has 1 heterocycles. The highest BCUT2D eigenvalue weighted by atomic mass is 35.5. The van der Waals surface area contributed by atoms with Gasteiger partial charge in [0, 0.05) is 28.5 Å². The normalized spacial score (nSPS) is 10.5. The molecule has 4 nitrogen and oxygen atoms in total. The van der Waals surface area contributed by atoms with Crippen molar-refractivity contribution in [2.75, 3.05) is 0 Å². The van der Waals surface area contributed by atoms with Crippen molar-refractivity contribution in [1.82, 2.24) is 10.4 Å². The van der Waals surface area contributed by atoms with Gasteiger partial charge >= 0.3 is 0 Å². The highest BCUT2D eigenvalue weighted by Crippen LogP contribution is 2.10. The van der Waals surface area contributed by atoms with Crippen molar-refractivity contribution >= 4 is 23.7 Å². The van der Waals surface area contributed by atoms with Crippen molar-refractivity contribution in [2.24, 2.45) is 5.10 Å². The van der Waals surface area contributed by atoms with Crippen LogP contribution in [0.15, 0.2) is 53.9 Å². The second-order valence-corrected chi connectivity index (χ2v) is 3.93. The first kappa shape index (κ1) is 12.3. The summed E-state index contributed by atoms with van der Waals surface area (Å²) in [7, 11) is 0. The summed E-state index contributed by atoms with van der Waals surface area (Å²) < 4.78 is 0. The van der Waals surface area contributed by atoms with Crippen LogP contribution in [0.3, 0.4) is 0 Å². The van der Waals surface area contributed by atoms with Crippen molar-refractivity contribution in [2.45, 2.75) is 0 Å². The number of hydrogen-bond acceptors (Lipinski definition) is 3. The molecule has 1 N–H and O–H groups in total. The van der Waals surface area contributed by atoms with E-state index in [9.17, 15) is 4.79 Å². The smallest absolute Gasteiger partial charge is 0.267 e. The van der Waals surface area contributed by atoms with Gasteiger partial charge in [-0.05, 0) is 24.3 Å². The lowest BCUT2D eigenvalue weighted by atomic mass is 10.2. The molecule has 0 unspecified atom stereocenters. The van der Waals surface area contributed by atoms with E-state index in [-0.39, 0.29) is 5.91 Å². The summed E-state index contributed by atoms with van der Waals surface area (Å²) in [5.74, 6) is -0.308. The minimum Gasteiger partial charge on any atom is -0.267 e. The van der Waals surface area contributed by atoms with Crippen LogP contribution < -0.4 is 5.43 Å². The van der Waals surface area contributed by atoms with Crippen molar-refractivity contribution in [3.63, 3.8) is 0 Å². The molecule has 1 aromatic carbocycles. The Balaban J connectivity index is 1.99. The van der Waals surface area contributed by atoms with Gasteiger partial charge in [0.25, 0.3) is 5.91 Å². The molecule has 0 bridgehead atoms. The van der Waals surface area contributed by atoms with Crippen molar-refractivity contribution in [1.29, 1.82) is 0 Å². The number of aromatic nitrogens is 1. The summed E-state index contributed by atoms with van der Waals surface area (Å²) in [5.41, 5.74) is 3.69. The fourth-order valence-corrected chi connectivity index (χ4v) is 1.50. The van der Waals surface area contributed by atoms with Gasteiger partial charge in [0.1, 0.15) is 0 Å². The molecule has 0 aliphatic carbocycles. The predicted octanol–water partition coefficient (Wildman–Crippen LogP) is 2.50. The molecule has 0 radical (unpaired) electrons. The van der Waals surface area contributed by atoms with Crippen LogP contribution in [0, 0.1) is 0 Å². The van der Waals surface area contributed by atoms with Gasteiger partial charge in [-0.1, -0.05) is 23.7 Å². The molecule has 0 atom stereocenters. The number of nitrogens with one attached hydrogen (secondary N) is 1. The van der Waals surface area contributed by atoms with Gasteiger partial charge in [0.05, 0.1) is 6.21 Å². The lowest BCUT2D eigenvalue weighted by Gasteiger charge is -1.99. The minimum absolute atomic E-state index is 0.308. The summed E-state index contributed by atoms with van der Waals surface area (Å²) >= 11 is 5.79. The van der Waals surface area contributed by atoms with Crippen LogP contribution in [0.2, 0.25) is 5.02 Å². The van der Waals surface area contributed by atoms with Crippen LogP contribution in [-0.4, -0.2) is 17.1 Å². The molecule has 90 valence electrons. The monoisotopic (exact) mass is 259 g/mol. The maximum atomic E-state index is 11.7. The Morgan fingerprint density at radius 3 is 2.94 bits per heavy atom. The van der Waals surface area contributed by atoms with Gasteiger partial charge < -0.3 is 0 Å². The Labute approximate surface area is 109 Å². The highest BCUT2D eigenvalue weighted by Gasteiger charge is 2.03. The van der Waals surface area contributed by atoms with Crippen LogP contribution >= 0.6 is 11.6 Å². The van der Waals surface area contributed by atoms with E-state index in [2.05, 4.69) is 15.5 Å². The maximum absolute atomic E-state index is 11.7. The van der Waals surface area contributed by atoms with Gasteiger partial charge in [-0.25, -0.2) is 5.43 Å². The number of rotatable bonds is 3. The molecule has 1 aromatic heterocycles. The molecular weight excluding hydrogens is 250 g/mol. The van der Waals surface area contributed by atoms with E-state index in [1.54, 1.807) is 42.7 Å². The third-order valence-corrected chi connectivity index (χ3v) is 2.39. The molecule has 2 rings (SSSR count). The molecule has 0 aliphatic heterocycles. The molecule has 5 heteroatoms. The largest absolute Gasteiger partial charge is 0.271 e. The number of halogens is 1. The van der Waals surface area contributed by atoms with Crippen LogP contribution in [0.4, 0.5) is 0 Å². The summed E-state index contributed by atoms with van der Waals surface area (Å²) in [5, 5.41) is 4.35. The molecule has 0 spiro atoms. The number of benzene rings is 1. The summed E-state index contributed by atoms with van der Waals surface area (Å²) in [6.45, 7) is 0. The Hall–Kier alpha value is -2.20. The number of pyridine rings is 1. The third kappa shape index (κ3) is 3.40. The first-order chi connectivity index (χ1) is 8.75. The van der Waals surface area contributed by atoms with E-state index in [1.165, 1.54) is 6.21 Å². The molecular formula is C13H10ClN3O. The Bertz CT molecular complexity index is 569. The number of amides is 1. The molecule has 0 fully saturated rings. The van der Waals surface area contributed by atoms with Crippen LogP contribution in [0.5, 0.6) is 0 Å². The van der Waals surface area contributed by atoms with Gasteiger partial charge in [0.15, 0.2) is 0 Å². The molecule has 18 heavy (non-hydrogen) atoms. The number of hydrazone groups is 1. The summed E-state index contributed by atoms with van der Waals surface area (Å²) in [6.07, 6.45) is 4.84. The SMILES string of the molecule is O=C(N/N=C\c1cccnc1)c1cccc(Cl)c1. The summed E-state index contributed by atoms with van der Waals surface area (Å²) in [4.78, 5) is 15.6. The Morgan fingerprint density at radius 1 is 1.33 bits per heavy atom. The average molecular weight is 260 g/mol. The van der Waals surface area contributed by atoms with Crippen LogP contribution in [0.25, 0.3) is 0 Å². The fourth-order valence-electron chi connectivity index (χ4n) is 1.31. The molecule has 1 amide bonds. The zero-order valence-electron chi connectivity index (χ0n) is 9.38. The van der Waals surface area contributed by atoms with Gasteiger partial charge in [0.2, 0.25) is 0 Å². The first-order valence-electron chi connectivity index (χ1n) is 5.25. The van der Waals surface area contributed by atoms with E-state index < -0.39 is 0 Å². The quantitative estimate of drug-likeness (QED) is 0.680. The van der Waals surface area contributed by atoms with E-state index in [0.29, 0.717) is 10.6 Å². The van der Waals surface area contributed by atoms with Crippen molar-refractivity contribution in [3.05, 3.63) is 64.9 Å². The Morgan fingerprint density at radius 2 is 2.22 bits per heavy atom. The third-order valence-electron chi connectivity index (χ3n) is 2.15. The maximum Gasteiger partial charge on any atom is 0.271 e. The topological polar surface area (TPSA) is 54.4 Å². The Kier molecular flexibility index (Phi) is 4.04. The van der Waals surface area contributed by atoms with Crippen molar-refractivity contribution < 1.29 is 4.79 Å². The average Bonchev–Trinajstić information content (AvgIpc) is 2.40. The summed E-state index contributed by atoms with van der Waals surface area (Å²) in [6, 6.07) is 10.3. The predicted molar refractivity (Wildman–Crippen MR) is 70.7 cm³/mol. The zero-order valence-corrected chi connectivity index (χ0v) is 10.1. The van der Waals surface area contributed by atoms with Crippen LogP contribution in [0.1, 0.15) is 15.9 Å². The first-order valence-corrected chi connectivity index (χ1v) is 5.62. The lowest BCUT2D eigenvalue weighted by Crippen LogP contribution is -2.17. The molecule has 2 aromatic rings. The number of hydrogen-bond donors (Lipinski definition) is 1. The number of carbonyl (C=O) groups excluding carboxylic acids is 1. The van der Waals surface area contributed by atoms with E-state index in [4.69, 9.17) is 11.6 Å². The standard InChI is InChI=1S/C13H10ClN3O/c14-12-5-1-4-11(7-12)13(18)17-16-9-10-3-2-6-15-8-10/h1-9H,(H,17,18)/b16-9-. The highest BCUT2D eigenvalue weighted by molar-refractivity contribution is 6.30. The number of nitrogens with zero attached hydrogens (tertiary/aromatic N) is 2. The lowest BCUT2D eigenvalue weighted by molar-refractivity contribution is 0.0955. The van der Waals surface area contributed by atoms with E-state index in [0.717, 1.165) is 5.56 Å². The van der Waals surface area contributed by atoms with Gasteiger partial charge in [-0.15, -0.1) is 0 Å².